The van der Waals surface area contributed by atoms with Crippen LogP contribution in [0.5, 0.6) is 0 Å². The van der Waals surface area contributed by atoms with Crippen molar-refractivity contribution in [3.63, 3.8) is 0 Å². The van der Waals surface area contributed by atoms with E-state index >= 15 is 0 Å². The maximum absolute atomic E-state index is 12.7. The van der Waals surface area contributed by atoms with E-state index in [0.717, 1.165) is 11.3 Å². The smallest absolute Gasteiger partial charge is 0.253 e. The van der Waals surface area contributed by atoms with E-state index in [2.05, 4.69) is 26.3 Å². The molecule has 28 heavy (non-hydrogen) atoms. The molecule has 0 aliphatic rings. The Hall–Kier alpha value is -3.69. The molecule has 4 rings (SSSR count). The summed E-state index contributed by atoms with van der Waals surface area (Å²) in [4.78, 5) is 24.7. The summed E-state index contributed by atoms with van der Waals surface area (Å²) in [5, 5.41) is 12.4. The second-order valence-electron chi connectivity index (χ2n) is 6.13. The van der Waals surface area contributed by atoms with Gasteiger partial charge in [0.1, 0.15) is 11.3 Å². The maximum Gasteiger partial charge on any atom is 0.253 e. The Morgan fingerprint density at radius 1 is 1.18 bits per heavy atom. The van der Waals surface area contributed by atoms with Gasteiger partial charge in [0.2, 0.25) is 0 Å². The van der Waals surface area contributed by atoms with Gasteiger partial charge in [0.25, 0.3) is 5.91 Å². The molecule has 136 valence electrons. The van der Waals surface area contributed by atoms with E-state index in [1.54, 1.807) is 36.5 Å². The van der Waals surface area contributed by atoms with E-state index in [1.807, 2.05) is 24.3 Å². The van der Waals surface area contributed by atoms with Gasteiger partial charge >= 0.3 is 0 Å². The summed E-state index contributed by atoms with van der Waals surface area (Å²) in [6, 6.07) is 18.0. The molecule has 0 aliphatic heterocycles. The number of carbonyl (C=O) groups is 1. The van der Waals surface area contributed by atoms with Crippen molar-refractivity contribution in [1.82, 2.24) is 20.3 Å². The van der Waals surface area contributed by atoms with Crippen LogP contribution in [-0.4, -0.2) is 20.9 Å². The zero-order valence-electron chi connectivity index (χ0n) is 14.6. The van der Waals surface area contributed by atoms with E-state index in [-0.39, 0.29) is 5.91 Å². The highest BCUT2D eigenvalue weighted by Gasteiger charge is 2.16. The molecule has 1 amide bonds. The molecule has 0 spiro atoms. The van der Waals surface area contributed by atoms with Crippen LogP contribution in [-0.2, 0) is 6.54 Å². The molecule has 2 heterocycles. The third-order valence-electron chi connectivity index (χ3n) is 4.22. The number of benzene rings is 2. The lowest BCUT2D eigenvalue weighted by Crippen LogP contribution is -2.23. The molecule has 0 bridgehead atoms. The minimum atomic E-state index is -0.290. The summed E-state index contributed by atoms with van der Waals surface area (Å²) in [6.45, 7) is 0.301. The van der Waals surface area contributed by atoms with Crippen molar-refractivity contribution in [2.45, 2.75) is 6.54 Å². The fraction of sp³-hybridized carbons (Fsp3) is 0.0476. The number of imidazole rings is 1. The van der Waals surface area contributed by atoms with E-state index in [4.69, 9.17) is 16.9 Å². The van der Waals surface area contributed by atoms with Crippen LogP contribution in [0.3, 0.4) is 0 Å². The maximum atomic E-state index is 12.7. The number of halogens is 1. The SMILES string of the molecule is N#Cc1cccc(-c2nc3c(C(=O)NCc4ccccn4)cc(Cl)cc3[nH]2)c1. The summed E-state index contributed by atoms with van der Waals surface area (Å²) >= 11 is 6.20. The zero-order valence-corrected chi connectivity index (χ0v) is 15.4. The molecule has 0 radical (unpaired) electrons. The van der Waals surface area contributed by atoms with E-state index in [9.17, 15) is 4.79 Å². The van der Waals surface area contributed by atoms with Crippen molar-refractivity contribution in [3.8, 4) is 17.5 Å². The van der Waals surface area contributed by atoms with Crippen LogP contribution in [0, 0.1) is 11.3 Å². The molecule has 6 nitrogen and oxygen atoms in total. The summed E-state index contributed by atoms with van der Waals surface area (Å²) < 4.78 is 0. The van der Waals surface area contributed by atoms with Crippen LogP contribution >= 0.6 is 11.6 Å². The Labute approximate surface area is 165 Å². The van der Waals surface area contributed by atoms with Crippen LogP contribution in [0.15, 0.2) is 60.8 Å². The first-order valence-electron chi connectivity index (χ1n) is 8.52. The predicted octanol–water partition coefficient (Wildman–Crippen LogP) is 4.08. The Morgan fingerprint density at radius 2 is 2.07 bits per heavy atom. The molecule has 0 saturated heterocycles. The van der Waals surface area contributed by atoms with Gasteiger partial charge in [-0.15, -0.1) is 0 Å². The number of nitrogens with zero attached hydrogens (tertiary/aromatic N) is 3. The first-order valence-corrected chi connectivity index (χ1v) is 8.90. The van der Waals surface area contributed by atoms with Crippen molar-refractivity contribution >= 4 is 28.5 Å². The molecule has 4 aromatic rings. The van der Waals surface area contributed by atoms with E-state index in [1.165, 1.54) is 0 Å². The molecule has 2 aromatic heterocycles. The normalized spacial score (nSPS) is 10.6. The number of aromatic nitrogens is 3. The Morgan fingerprint density at radius 3 is 2.86 bits per heavy atom. The second-order valence-corrected chi connectivity index (χ2v) is 6.57. The van der Waals surface area contributed by atoms with Crippen LogP contribution in [0.2, 0.25) is 5.02 Å². The average molecular weight is 388 g/mol. The van der Waals surface area contributed by atoms with Gasteiger partial charge in [-0.25, -0.2) is 4.98 Å². The molecule has 0 saturated carbocycles. The van der Waals surface area contributed by atoms with Gasteiger partial charge in [-0.3, -0.25) is 9.78 Å². The fourth-order valence-corrected chi connectivity index (χ4v) is 3.12. The summed E-state index contributed by atoms with van der Waals surface area (Å²) in [5.74, 6) is 0.273. The number of pyridine rings is 1. The van der Waals surface area contributed by atoms with E-state index in [0.29, 0.717) is 39.6 Å². The third kappa shape index (κ3) is 3.56. The van der Waals surface area contributed by atoms with Crippen LogP contribution in [0.4, 0.5) is 0 Å². The molecule has 0 fully saturated rings. The quantitative estimate of drug-likeness (QED) is 0.551. The Balaban J connectivity index is 1.69. The summed E-state index contributed by atoms with van der Waals surface area (Å²) in [6.07, 6.45) is 1.68. The third-order valence-corrected chi connectivity index (χ3v) is 4.44. The molecule has 2 N–H and O–H groups in total. The van der Waals surface area contributed by atoms with Crippen molar-refractivity contribution in [2.24, 2.45) is 0 Å². The fourth-order valence-electron chi connectivity index (χ4n) is 2.90. The standard InChI is InChI=1S/C21H14ClN5O/c22-15-9-17(21(28)25-12-16-6-1-2-7-24-16)19-18(10-15)26-20(27-19)14-5-3-4-13(8-14)11-23/h1-10H,12H2,(H,25,28)(H,26,27). The van der Waals surface area contributed by atoms with Crippen LogP contribution in [0.25, 0.3) is 22.4 Å². The van der Waals surface area contributed by atoms with Crippen LogP contribution in [0.1, 0.15) is 21.6 Å². The minimum absolute atomic E-state index is 0.290. The number of amides is 1. The highest BCUT2D eigenvalue weighted by molar-refractivity contribution is 6.32. The number of nitriles is 1. The lowest BCUT2D eigenvalue weighted by molar-refractivity contribution is 0.0952. The van der Waals surface area contributed by atoms with E-state index < -0.39 is 0 Å². The number of nitrogens with one attached hydrogen (secondary N) is 2. The first kappa shape index (κ1) is 17.7. The van der Waals surface area contributed by atoms with Gasteiger partial charge < -0.3 is 10.3 Å². The first-order chi connectivity index (χ1) is 13.6. The van der Waals surface area contributed by atoms with Crippen molar-refractivity contribution in [3.05, 3.63) is 82.6 Å². The zero-order chi connectivity index (χ0) is 19.5. The Bertz CT molecular complexity index is 1210. The molecule has 0 unspecified atom stereocenters. The molecular weight excluding hydrogens is 374 g/mol. The second kappa shape index (κ2) is 7.51. The molecule has 2 aromatic carbocycles. The lowest BCUT2D eigenvalue weighted by Gasteiger charge is -2.06. The summed E-state index contributed by atoms with van der Waals surface area (Å²) in [5.41, 5.74) is 3.58. The molecule has 7 heteroatoms. The largest absolute Gasteiger partial charge is 0.346 e. The topological polar surface area (TPSA) is 94.5 Å². The predicted molar refractivity (Wildman–Crippen MR) is 107 cm³/mol. The number of aromatic amines is 1. The molecule has 0 atom stereocenters. The monoisotopic (exact) mass is 387 g/mol. The number of hydrogen-bond acceptors (Lipinski definition) is 4. The van der Waals surface area contributed by atoms with Gasteiger partial charge in [0, 0.05) is 16.8 Å². The van der Waals surface area contributed by atoms with Crippen molar-refractivity contribution in [1.29, 1.82) is 5.26 Å². The van der Waals surface area contributed by atoms with Gasteiger partial charge in [-0.1, -0.05) is 29.8 Å². The van der Waals surface area contributed by atoms with Gasteiger partial charge in [-0.2, -0.15) is 5.26 Å². The van der Waals surface area contributed by atoms with Crippen LogP contribution < -0.4 is 5.32 Å². The number of carbonyl (C=O) groups excluding carboxylic acids is 1. The summed E-state index contributed by atoms with van der Waals surface area (Å²) in [7, 11) is 0. The average Bonchev–Trinajstić information content (AvgIpc) is 3.16. The highest BCUT2D eigenvalue weighted by atomic mass is 35.5. The number of hydrogen-bond donors (Lipinski definition) is 2. The minimum Gasteiger partial charge on any atom is -0.346 e. The van der Waals surface area contributed by atoms with Gasteiger partial charge in [0.05, 0.1) is 35.0 Å². The van der Waals surface area contributed by atoms with Crippen molar-refractivity contribution < 1.29 is 4.79 Å². The van der Waals surface area contributed by atoms with Gasteiger partial charge in [-0.05, 0) is 36.4 Å². The number of H-pyrrole nitrogens is 1. The Kier molecular flexibility index (Phi) is 4.75. The number of fused-ring (bicyclic) bond motifs is 1. The lowest BCUT2D eigenvalue weighted by atomic mass is 10.1. The molecule has 0 aliphatic carbocycles. The highest BCUT2D eigenvalue weighted by Crippen LogP contribution is 2.26. The van der Waals surface area contributed by atoms with Crippen molar-refractivity contribution in [2.75, 3.05) is 0 Å². The molecular formula is C21H14ClN5O. The van der Waals surface area contributed by atoms with Gasteiger partial charge in [0.15, 0.2) is 0 Å². The number of rotatable bonds is 4.